The van der Waals surface area contributed by atoms with E-state index in [9.17, 15) is 13.2 Å². The van der Waals surface area contributed by atoms with Gasteiger partial charge in [-0.3, -0.25) is 0 Å². The molecule has 0 aliphatic carbocycles. The Labute approximate surface area is 161 Å². The summed E-state index contributed by atoms with van der Waals surface area (Å²) in [7, 11) is 0. The smallest absolute Gasteiger partial charge is 0.338 e. The maximum absolute atomic E-state index is 13.2. The molecule has 2 N–H and O–H groups in total. The topological polar surface area (TPSA) is 62.7 Å². The van der Waals surface area contributed by atoms with Crippen molar-refractivity contribution in [1.82, 2.24) is 15.2 Å². The van der Waals surface area contributed by atoms with Gasteiger partial charge in [-0.1, -0.05) is 51.1 Å². The Morgan fingerprint density at radius 3 is 1.96 bits per heavy atom. The summed E-state index contributed by atoms with van der Waals surface area (Å²) in [5.74, 6) is 0.341. The predicted octanol–water partition coefficient (Wildman–Crippen LogP) is 5.68. The Bertz CT molecular complexity index is 890. The summed E-state index contributed by atoms with van der Waals surface area (Å²) in [6, 6.07) is 12.9. The largest absolute Gasteiger partial charge is 0.418 e. The van der Waals surface area contributed by atoms with E-state index in [4.69, 9.17) is 0 Å². The molecule has 0 aliphatic rings. The van der Waals surface area contributed by atoms with Crippen LogP contribution in [0.3, 0.4) is 0 Å². The second-order valence-electron chi connectivity index (χ2n) is 7.25. The molecule has 0 radical (unpaired) electrons. The van der Waals surface area contributed by atoms with E-state index in [1.165, 1.54) is 24.4 Å². The molecule has 5 nitrogen and oxygen atoms in total. The Balaban J connectivity index is 1.88. The van der Waals surface area contributed by atoms with Gasteiger partial charge in [0.15, 0.2) is 5.82 Å². The summed E-state index contributed by atoms with van der Waals surface area (Å²) in [6.07, 6.45) is -3.20. The van der Waals surface area contributed by atoms with Crippen LogP contribution in [0.4, 0.5) is 36.3 Å². The van der Waals surface area contributed by atoms with Gasteiger partial charge in [0.25, 0.3) is 0 Å². The van der Waals surface area contributed by atoms with E-state index in [2.05, 4.69) is 46.6 Å². The first-order valence-electron chi connectivity index (χ1n) is 8.64. The van der Waals surface area contributed by atoms with Gasteiger partial charge in [-0.15, -0.1) is 5.10 Å². The molecule has 146 valence electrons. The fourth-order valence-electron chi connectivity index (χ4n) is 2.76. The van der Waals surface area contributed by atoms with Gasteiger partial charge >= 0.3 is 6.18 Å². The van der Waals surface area contributed by atoms with Crippen LogP contribution in [0.2, 0.25) is 0 Å². The Morgan fingerprint density at radius 1 is 0.786 bits per heavy atom. The first kappa shape index (κ1) is 19.6. The molecule has 0 saturated carbocycles. The molecule has 28 heavy (non-hydrogen) atoms. The molecule has 2 aromatic carbocycles. The zero-order valence-electron chi connectivity index (χ0n) is 15.7. The number of para-hydroxylation sites is 2. The molecule has 3 aromatic rings. The van der Waals surface area contributed by atoms with Crippen molar-refractivity contribution < 1.29 is 13.2 Å². The molecular weight excluding hydrogens is 367 g/mol. The zero-order chi connectivity index (χ0) is 20.4. The van der Waals surface area contributed by atoms with Crippen molar-refractivity contribution in [3.8, 4) is 0 Å². The second kappa shape index (κ2) is 7.46. The molecule has 8 heteroatoms. The summed E-state index contributed by atoms with van der Waals surface area (Å²) in [5.41, 5.74) is 0.875. The van der Waals surface area contributed by atoms with Crippen LogP contribution in [0.5, 0.6) is 0 Å². The van der Waals surface area contributed by atoms with Gasteiger partial charge < -0.3 is 10.6 Å². The number of benzene rings is 2. The Morgan fingerprint density at radius 2 is 1.36 bits per heavy atom. The maximum Gasteiger partial charge on any atom is 0.418 e. The summed E-state index contributed by atoms with van der Waals surface area (Å²) < 4.78 is 39.5. The van der Waals surface area contributed by atoms with Gasteiger partial charge in [-0.25, -0.2) is 0 Å². The maximum atomic E-state index is 13.2. The van der Waals surface area contributed by atoms with Gasteiger partial charge in [-0.05, 0) is 29.2 Å². The number of alkyl halides is 3. The summed E-state index contributed by atoms with van der Waals surface area (Å²) in [5, 5.41) is 13.6. The average molecular weight is 387 g/mol. The van der Waals surface area contributed by atoms with Crippen LogP contribution in [0.25, 0.3) is 0 Å². The van der Waals surface area contributed by atoms with Gasteiger partial charge in [0.2, 0.25) is 5.95 Å². The van der Waals surface area contributed by atoms with Crippen molar-refractivity contribution in [1.29, 1.82) is 0 Å². The molecule has 0 atom stereocenters. The molecule has 0 spiro atoms. The normalized spacial score (nSPS) is 11.9. The lowest BCUT2D eigenvalue weighted by atomic mass is 9.86. The van der Waals surface area contributed by atoms with E-state index in [-0.39, 0.29) is 22.9 Å². The minimum absolute atomic E-state index is 0.100. The average Bonchev–Trinajstić information content (AvgIpc) is 2.61. The highest BCUT2D eigenvalue weighted by Crippen LogP contribution is 2.35. The van der Waals surface area contributed by atoms with E-state index in [0.29, 0.717) is 0 Å². The van der Waals surface area contributed by atoms with Crippen molar-refractivity contribution in [2.75, 3.05) is 10.6 Å². The summed E-state index contributed by atoms with van der Waals surface area (Å²) in [4.78, 5) is 4.25. The minimum Gasteiger partial charge on any atom is -0.338 e. The Kier molecular flexibility index (Phi) is 5.22. The van der Waals surface area contributed by atoms with Crippen molar-refractivity contribution in [2.24, 2.45) is 0 Å². The molecule has 0 amide bonds. The molecule has 0 saturated heterocycles. The second-order valence-corrected chi connectivity index (χ2v) is 7.25. The number of rotatable bonds is 4. The molecule has 0 aliphatic heterocycles. The highest BCUT2D eigenvalue weighted by molar-refractivity contribution is 5.64. The van der Waals surface area contributed by atoms with Gasteiger partial charge in [0.05, 0.1) is 17.4 Å². The van der Waals surface area contributed by atoms with Crippen LogP contribution < -0.4 is 10.6 Å². The third-order valence-corrected chi connectivity index (χ3v) is 4.04. The van der Waals surface area contributed by atoms with Crippen molar-refractivity contribution in [3.05, 3.63) is 65.9 Å². The molecule has 0 bridgehead atoms. The van der Waals surface area contributed by atoms with Gasteiger partial charge in [0.1, 0.15) is 0 Å². The van der Waals surface area contributed by atoms with Crippen LogP contribution in [-0.2, 0) is 11.6 Å². The number of nitrogens with zero attached hydrogens (tertiary/aromatic N) is 3. The predicted molar refractivity (Wildman–Crippen MR) is 103 cm³/mol. The monoisotopic (exact) mass is 387 g/mol. The summed E-state index contributed by atoms with van der Waals surface area (Å²) >= 11 is 0. The van der Waals surface area contributed by atoms with Crippen molar-refractivity contribution in [3.63, 3.8) is 0 Å². The van der Waals surface area contributed by atoms with Crippen LogP contribution in [0.1, 0.15) is 31.9 Å². The first-order valence-corrected chi connectivity index (χ1v) is 8.64. The number of aromatic nitrogens is 3. The van der Waals surface area contributed by atoms with Crippen LogP contribution in [0, 0.1) is 0 Å². The third-order valence-electron chi connectivity index (χ3n) is 4.04. The fourth-order valence-corrected chi connectivity index (χ4v) is 2.76. The highest BCUT2D eigenvalue weighted by Gasteiger charge is 2.33. The van der Waals surface area contributed by atoms with E-state index >= 15 is 0 Å². The third kappa shape index (κ3) is 4.57. The number of halogens is 3. The standard InChI is InChI=1S/C20H20F3N5/c1-19(2,3)13-8-4-6-10-15(13)26-18-27-17(12-24-28-18)25-16-11-7-5-9-14(16)20(21,22)23/h4-12H,1-3H3,(H2,25,26,27,28). The molecular formula is C20H20F3N5. The SMILES string of the molecule is CC(C)(C)c1ccccc1Nc1nncc(Nc2ccccc2C(F)(F)F)n1. The van der Waals surface area contributed by atoms with E-state index in [0.717, 1.165) is 17.3 Å². The fraction of sp³-hybridized carbons (Fsp3) is 0.250. The molecule has 0 unspecified atom stereocenters. The van der Waals surface area contributed by atoms with E-state index in [1.54, 1.807) is 0 Å². The van der Waals surface area contributed by atoms with Crippen molar-refractivity contribution in [2.45, 2.75) is 32.4 Å². The minimum atomic E-state index is -4.48. The van der Waals surface area contributed by atoms with E-state index < -0.39 is 11.7 Å². The lowest BCUT2D eigenvalue weighted by Gasteiger charge is -2.22. The lowest BCUT2D eigenvalue weighted by molar-refractivity contribution is -0.136. The lowest BCUT2D eigenvalue weighted by Crippen LogP contribution is -2.14. The zero-order valence-corrected chi connectivity index (χ0v) is 15.7. The van der Waals surface area contributed by atoms with E-state index in [1.807, 2.05) is 24.3 Å². The molecule has 1 aromatic heterocycles. The van der Waals surface area contributed by atoms with Gasteiger partial charge in [-0.2, -0.15) is 23.3 Å². The number of nitrogens with one attached hydrogen (secondary N) is 2. The van der Waals surface area contributed by atoms with Crippen molar-refractivity contribution >= 4 is 23.1 Å². The number of hydrogen-bond donors (Lipinski definition) is 2. The quantitative estimate of drug-likeness (QED) is 0.603. The number of hydrogen-bond acceptors (Lipinski definition) is 5. The van der Waals surface area contributed by atoms with Gasteiger partial charge in [0, 0.05) is 5.69 Å². The summed E-state index contributed by atoms with van der Waals surface area (Å²) in [6.45, 7) is 6.25. The van der Waals surface area contributed by atoms with Crippen LogP contribution in [0.15, 0.2) is 54.7 Å². The highest BCUT2D eigenvalue weighted by atomic mass is 19.4. The van der Waals surface area contributed by atoms with Crippen LogP contribution >= 0.6 is 0 Å². The molecule has 3 rings (SSSR count). The molecule has 1 heterocycles. The number of anilines is 4. The first-order chi connectivity index (χ1) is 13.1. The molecule has 0 fully saturated rings. The van der Waals surface area contributed by atoms with Crippen LogP contribution in [-0.4, -0.2) is 15.2 Å². The Hall–Kier alpha value is -3.16.